The Hall–Kier alpha value is -3.60. The zero-order valence-corrected chi connectivity index (χ0v) is 17.6. The Morgan fingerprint density at radius 1 is 0.767 bits per heavy atom. The van der Waals surface area contributed by atoms with Gasteiger partial charge in [-0.3, -0.25) is 4.79 Å². The quantitative estimate of drug-likeness (QED) is 0.432. The van der Waals surface area contributed by atoms with Crippen molar-refractivity contribution in [1.82, 2.24) is 0 Å². The molecule has 0 saturated carbocycles. The molecule has 0 heterocycles. The van der Waals surface area contributed by atoms with E-state index < -0.39 is 12.1 Å². The molecular weight excluding hydrogens is 378 g/mol. The smallest absolute Gasteiger partial charge is 0.352 e. The first-order valence-corrected chi connectivity index (χ1v) is 9.73. The molecule has 0 aromatic heterocycles. The summed E-state index contributed by atoms with van der Waals surface area (Å²) < 4.78 is 11.0. The summed E-state index contributed by atoms with van der Waals surface area (Å²) in [4.78, 5) is 26.5. The Balaban J connectivity index is 1.60. The van der Waals surface area contributed by atoms with Crippen molar-refractivity contribution in [2.24, 2.45) is 0 Å². The number of esters is 1. The molecule has 0 radical (unpaired) electrons. The van der Waals surface area contributed by atoms with Gasteiger partial charge in [-0.25, -0.2) is 4.79 Å². The lowest BCUT2D eigenvalue weighted by atomic mass is 10.1. The molecule has 0 aliphatic heterocycles. The van der Waals surface area contributed by atoms with E-state index in [2.05, 4.69) is 0 Å². The van der Waals surface area contributed by atoms with Crippen LogP contribution in [0.2, 0.25) is 0 Å². The van der Waals surface area contributed by atoms with E-state index in [0.717, 1.165) is 11.1 Å². The van der Waals surface area contributed by atoms with Crippen LogP contribution >= 0.6 is 0 Å². The fourth-order valence-corrected chi connectivity index (χ4v) is 2.81. The SMILES string of the molecule is Cc1ccc(OC(C)C(=O)Oc2ccc(N(C)C(=O)c3ccc(C)cc3)cc2)cc1. The normalized spacial score (nSPS) is 11.5. The second kappa shape index (κ2) is 9.27. The topological polar surface area (TPSA) is 55.8 Å². The molecule has 0 bridgehead atoms. The standard InChI is InChI=1S/C25H25NO4/c1-17-5-9-20(10-6-17)24(27)26(4)21-11-15-23(16-12-21)30-25(28)19(3)29-22-13-7-18(2)8-14-22/h5-16,19H,1-4H3. The van der Waals surface area contributed by atoms with Crippen molar-refractivity contribution in [2.45, 2.75) is 26.9 Å². The van der Waals surface area contributed by atoms with Crippen molar-refractivity contribution in [1.29, 1.82) is 0 Å². The molecule has 0 aliphatic carbocycles. The van der Waals surface area contributed by atoms with Gasteiger partial charge in [0.1, 0.15) is 11.5 Å². The predicted molar refractivity (Wildman–Crippen MR) is 117 cm³/mol. The van der Waals surface area contributed by atoms with E-state index in [9.17, 15) is 9.59 Å². The van der Waals surface area contributed by atoms with Gasteiger partial charge in [0.2, 0.25) is 0 Å². The highest BCUT2D eigenvalue weighted by Gasteiger charge is 2.18. The molecule has 3 aromatic rings. The lowest BCUT2D eigenvalue weighted by Gasteiger charge is -2.18. The van der Waals surface area contributed by atoms with Crippen LogP contribution in [0, 0.1) is 13.8 Å². The van der Waals surface area contributed by atoms with Gasteiger partial charge in [0, 0.05) is 18.3 Å². The van der Waals surface area contributed by atoms with E-state index >= 15 is 0 Å². The number of benzene rings is 3. The summed E-state index contributed by atoms with van der Waals surface area (Å²) in [5.41, 5.74) is 3.52. The van der Waals surface area contributed by atoms with Gasteiger partial charge >= 0.3 is 5.97 Å². The number of hydrogen-bond donors (Lipinski definition) is 0. The van der Waals surface area contributed by atoms with E-state index in [1.54, 1.807) is 55.3 Å². The van der Waals surface area contributed by atoms with Crippen molar-refractivity contribution in [3.63, 3.8) is 0 Å². The van der Waals surface area contributed by atoms with Crippen LogP contribution in [0.15, 0.2) is 72.8 Å². The molecule has 3 rings (SSSR count). The average Bonchev–Trinajstić information content (AvgIpc) is 2.75. The summed E-state index contributed by atoms with van der Waals surface area (Å²) in [5.74, 6) is 0.392. The summed E-state index contributed by atoms with van der Waals surface area (Å²) in [6.45, 7) is 5.60. The fourth-order valence-electron chi connectivity index (χ4n) is 2.81. The fraction of sp³-hybridized carbons (Fsp3) is 0.200. The molecule has 1 amide bonds. The predicted octanol–water partition coefficient (Wildman–Crippen LogP) is 4.95. The number of nitrogens with zero attached hydrogens (tertiary/aromatic N) is 1. The van der Waals surface area contributed by atoms with Crippen molar-refractivity contribution in [3.05, 3.63) is 89.5 Å². The maximum absolute atomic E-state index is 12.6. The van der Waals surface area contributed by atoms with Gasteiger partial charge < -0.3 is 14.4 Å². The lowest BCUT2D eigenvalue weighted by molar-refractivity contribution is -0.141. The minimum absolute atomic E-state index is 0.111. The number of ether oxygens (including phenoxy) is 2. The van der Waals surface area contributed by atoms with Crippen LogP contribution in [0.1, 0.15) is 28.4 Å². The van der Waals surface area contributed by atoms with Gasteiger partial charge in [-0.2, -0.15) is 0 Å². The van der Waals surface area contributed by atoms with Crippen LogP contribution in [0.25, 0.3) is 0 Å². The minimum atomic E-state index is -0.752. The van der Waals surface area contributed by atoms with Gasteiger partial charge in [-0.15, -0.1) is 0 Å². The highest BCUT2D eigenvalue weighted by Crippen LogP contribution is 2.21. The molecule has 5 nitrogen and oxygen atoms in total. The van der Waals surface area contributed by atoms with E-state index in [-0.39, 0.29) is 5.91 Å². The summed E-state index contributed by atoms with van der Waals surface area (Å²) in [6, 6.07) is 21.7. The average molecular weight is 403 g/mol. The van der Waals surface area contributed by atoms with E-state index in [0.29, 0.717) is 22.7 Å². The number of carbonyl (C=O) groups is 2. The Bertz CT molecular complexity index is 1010. The molecule has 5 heteroatoms. The zero-order valence-electron chi connectivity index (χ0n) is 17.6. The molecular formula is C25H25NO4. The largest absolute Gasteiger partial charge is 0.479 e. The highest BCUT2D eigenvalue weighted by atomic mass is 16.6. The van der Waals surface area contributed by atoms with Crippen molar-refractivity contribution in [2.75, 3.05) is 11.9 Å². The molecule has 0 aliphatic rings. The summed E-state index contributed by atoms with van der Waals surface area (Å²) in [6.07, 6.45) is -0.752. The van der Waals surface area contributed by atoms with Gasteiger partial charge in [0.15, 0.2) is 6.10 Å². The third-order valence-electron chi connectivity index (χ3n) is 4.71. The van der Waals surface area contributed by atoms with Gasteiger partial charge in [-0.1, -0.05) is 35.4 Å². The zero-order chi connectivity index (χ0) is 21.7. The summed E-state index contributed by atoms with van der Waals surface area (Å²) >= 11 is 0. The van der Waals surface area contributed by atoms with Gasteiger partial charge in [0.25, 0.3) is 5.91 Å². The van der Waals surface area contributed by atoms with Crippen LogP contribution in [-0.2, 0) is 4.79 Å². The number of amides is 1. The Morgan fingerprint density at radius 3 is 1.83 bits per heavy atom. The molecule has 30 heavy (non-hydrogen) atoms. The first-order valence-electron chi connectivity index (χ1n) is 9.73. The number of anilines is 1. The van der Waals surface area contributed by atoms with Crippen LogP contribution < -0.4 is 14.4 Å². The van der Waals surface area contributed by atoms with Gasteiger partial charge in [0.05, 0.1) is 0 Å². The number of aryl methyl sites for hydroxylation is 2. The number of hydrogen-bond acceptors (Lipinski definition) is 4. The summed E-state index contributed by atoms with van der Waals surface area (Å²) in [5, 5.41) is 0. The molecule has 1 atom stereocenters. The number of rotatable bonds is 6. The van der Waals surface area contributed by atoms with Crippen LogP contribution in [0.4, 0.5) is 5.69 Å². The first-order chi connectivity index (χ1) is 14.3. The minimum Gasteiger partial charge on any atom is -0.479 e. The monoisotopic (exact) mass is 403 g/mol. The third kappa shape index (κ3) is 5.26. The highest BCUT2D eigenvalue weighted by molar-refractivity contribution is 6.05. The first kappa shape index (κ1) is 21.1. The molecule has 0 spiro atoms. The third-order valence-corrected chi connectivity index (χ3v) is 4.71. The molecule has 0 N–H and O–H groups in total. The Labute approximate surface area is 176 Å². The van der Waals surface area contributed by atoms with Gasteiger partial charge in [-0.05, 0) is 69.3 Å². The van der Waals surface area contributed by atoms with Crippen LogP contribution in [-0.4, -0.2) is 25.0 Å². The molecule has 0 fully saturated rings. The molecule has 1 unspecified atom stereocenters. The molecule has 0 saturated heterocycles. The molecule has 3 aromatic carbocycles. The lowest BCUT2D eigenvalue weighted by Crippen LogP contribution is -2.28. The van der Waals surface area contributed by atoms with E-state index in [1.807, 2.05) is 50.2 Å². The summed E-state index contributed by atoms with van der Waals surface area (Å²) in [7, 11) is 1.71. The maximum atomic E-state index is 12.6. The maximum Gasteiger partial charge on any atom is 0.352 e. The van der Waals surface area contributed by atoms with E-state index in [1.165, 1.54) is 0 Å². The second-order valence-corrected chi connectivity index (χ2v) is 7.22. The Morgan fingerprint density at radius 2 is 1.27 bits per heavy atom. The van der Waals surface area contributed by atoms with Crippen LogP contribution in [0.5, 0.6) is 11.5 Å². The molecule has 154 valence electrons. The Kier molecular flexibility index (Phi) is 6.52. The van der Waals surface area contributed by atoms with Crippen molar-refractivity contribution < 1.29 is 19.1 Å². The second-order valence-electron chi connectivity index (χ2n) is 7.22. The van der Waals surface area contributed by atoms with Crippen molar-refractivity contribution >= 4 is 17.6 Å². The van der Waals surface area contributed by atoms with E-state index in [4.69, 9.17) is 9.47 Å². The number of carbonyl (C=O) groups excluding carboxylic acids is 2. The van der Waals surface area contributed by atoms with Crippen LogP contribution in [0.3, 0.4) is 0 Å². The van der Waals surface area contributed by atoms with Crippen molar-refractivity contribution in [3.8, 4) is 11.5 Å².